The van der Waals surface area contributed by atoms with Crippen LogP contribution in [0, 0.1) is 13.8 Å². The molecule has 27 heavy (non-hydrogen) atoms. The van der Waals surface area contributed by atoms with E-state index < -0.39 is 0 Å². The average Bonchev–Trinajstić information content (AvgIpc) is 3.29. The van der Waals surface area contributed by atoms with E-state index >= 15 is 0 Å². The van der Waals surface area contributed by atoms with Gasteiger partial charge in [0.2, 0.25) is 11.8 Å². The molecule has 7 nitrogen and oxygen atoms in total. The highest BCUT2D eigenvalue weighted by molar-refractivity contribution is 5.78. The van der Waals surface area contributed by atoms with E-state index in [1.165, 1.54) is 5.56 Å². The zero-order valence-corrected chi connectivity index (χ0v) is 15.9. The number of aromatic hydroxyl groups is 1. The maximum Gasteiger partial charge on any atom is 0.249 e. The molecule has 2 aliphatic heterocycles. The standard InChI is InChI=1S/C20H26N4O3/c1-12-9-14(10-13(2)18(12)26)11-24-7-5-15(6-8-24)19-22-20(27-23-19)16-3-4-17(25)21-16/h9-10,15-16,26H,3-8,11H2,1-2H3,(H,21,25)/t16-/m1/s1. The van der Waals surface area contributed by atoms with Crippen molar-refractivity contribution >= 4 is 5.91 Å². The number of phenols is 1. The fraction of sp³-hybridized carbons (Fsp3) is 0.550. The van der Waals surface area contributed by atoms with Gasteiger partial charge in [0.1, 0.15) is 11.8 Å². The maximum atomic E-state index is 11.4. The number of piperidine rings is 1. The van der Waals surface area contributed by atoms with Gasteiger partial charge in [0.05, 0.1) is 0 Å². The van der Waals surface area contributed by atoms with E-state index in [2.05, 4.69) is 32.5 Å². The summed E-state index contributed by atoms with van der Waals surface area (Å²) in [5.74, 6) is 2.05. The molecule has 2 N–H and O–H groups in total. The van der Waals surface area contributed by atoms with Crippen molar-refractivity contribution in [3.63, 3.8) is 0 Å². The van der Waals surface area contributed by atoms with E-state index in [-0.39, 0.29) is 11.9 Å². The van der Waals surface area contributed by atoms with Crippen molar-refractivity contribution in [2.24, 2.45) is 0 Å². The summed E-state index contributed by atoms with van der Waals surface area (Å²) in [6, 6.07) is 4.01. The van der Waals surface area contributed by atoms with E-state index in [4.69, 9.17) is 4.52 Å². The summed E-state index contributed by atoms with van der Waals surface area (Å²) in [6.45, 7) is 6.74. The molecular weight excluding hydrogens is 344 g/mol. The molecule has 0 radical (unpaired) electrons. The fourth-order valence-corrected chi connectivity index (χ4v) is 4.10. The van der Waals surface area contributed by atoms with Gasteiger partial charge in [-0.1, -0.05) is 17.3 Å². The molecule has 0 unspecified atom stereocenters. The molecule has 2 fully saturated rings. The number of likely N-dealkylation sites (tertiary alicyclic amines) is 1. The summed E-state index contributed by atoms with van der Waals surface area (Å²) in [7, 11) is 0. The van der Waals surface area contributed by atoms with Crippen molar-refractivity contribution in [2.75, 3.05) is 13.1 Å². The predicted octanol–water partition coefficient (Wildman–Crippen LogP) is 2.72. The molecule has 1 amide bonds. The second-order valence-corrected chi connectivity index (χ2v) is 7.78. The van der Waals surface area contributed by atoms with Gasteiger partial charge in [-0.15, -0.1) is 0 Å². The van der Waals surface area contributed by atoms with E-state index in [1.807, 2.05) is 13.8 Å². The van der Waals surface area contributed by atoms with E-state index in [1.54, 1.807) is 0 Å². The Balaban J connectivity index is 1.34. The van der Waals surface area contributed by atoms with Crippen LogP contribution in [0.15, 0.2) is 16.7 Å². The van der Waals surface area contributed by atoms with Crippen molar-refractivity contribution in [1.82, 2.24) is 20.4 Å². The van der Waals surface area contributed by atoms with Crippen LogP contribution < -0.4 is 5.32 Å². The minimum Gasteiger partial charge on any atom is -0.507 e. The first-order valence-electron chi connectivity index (χ1n) is 9.64. The van der Waals surface area contributed by atoms with Crippen LogP contribution in [-0.2, 0) is 11.3 Å². The molecule has 2 aromatic rings. The van der Waals surface area contributed by atoms with Crippen LogP contribution in [0.3, 0.4) is 0 Å². The summed E-state index contributed by atoms with van der Waals surface area (Å²) in [5.41, 5.74) is 3.09. The number of carbonyl (C=O) groups excluding carboxylic acids is 1. The molecule has 4 rings (SSSR count). The van der Waals surface area contributed by atoms with Crippen LogP contribution in [0.2, 0.25) is 0 Å². The highest BCUT2D eigenvalue weighted by Crippen LogP contribution is 2.30. The van der Waals surface area contributed by atoms with Crippen molar-refractivity contribution in [3.8, 4) is 5.75 Å². The highest BCUT2D eigenvalue weighted by Gasteiger charge is 2.30. The molecule has 1 atom stereocenters. The first kappa shape index (κ1) is 18.0. The Morgan fingerprint density at radius 1 is 1.22 bits per heavy atom. The number of benzene rings is 1. The topological polar surface area (TPSA) is 91.5 Å². The van der Waals surface area contributed by atoms with Crippen molar-refractivity contribution in [2.45, 2.75) is 58.0 Å². The molecule has 0 spiro atoms. The van der Waals surface area contributed by atoms with Gasteiger partial charge in [-0.05, 0) is 62.9 Å². The molecule has 0 aliphatic carbocycles. The maximum absolute atomic E-state index is 11.4. The fourth-order valence-electron chi connectivity index (χ4n) is 4.10. The van der Waals surface area contributed by atoms with Gasteiger partial charge in [0.25, 0.3) is 0 Å². The lowest BCUT2D eigenvalue weighted by Crippen LogP contribution is -2.32. The van der Waals surface area contributed by atoms with Gasteiger partial charge < -0.3 is 14.9 Å². The molecule has 2 aliphatic rings. The Morgan fingerprint density at radius 3 is 2.56 bits per heavy atom. The summed E-state index contributed by atoms with van der Waals surface area (Å²) in [4.78, 5) is 18.3. The Hall–Kier alpha value is -2.41. The summed E-state index contributed by atoms with van der Waals surface area (Å²) < 4.78 is 5.40. The number of nitrogens with one attached hydrogen (secondary N) is 1. The Bertz CT molecular complexity index is 816. The Morgan fingerprint density at radius 2 is 1.93 bits per heavy atom. The smallest absolute Gasteiger partial charge is 0.249 e. The quantitative estimate of drug-likeness (QED) is 0.860. The normalized spacial score (nSPS) is 21.6. The monoisotopic (exact) mass is 370 g/mol. The number of nitrogens with zero attached hydrogens (tertiary/aromatic N) is 3. The number of hydrogen-bond acceptors (Lipinski definition) is 6. The molecule has 7 heteroatoms. The molecule has 1 aromatic heterocycles. The minimum atomic E-state index is -0.125. The first-order valence-corrected chi connectivity index (χ1v) is 9.64. The molecule has 144 valence electrons. The predicted molar refractivity (Wildman–Crippen MR) is 99.2 cm³/mol. The summed E-state index contributed by atoms with van der Waals surface area (Å²) >= 11 is 0. The van der Waals surface area contributed by atoms with Crippen molar-refractivity contribution in [1.29, 1.82) is 0 Å². The number of aryl methyl sites for hydroxylation is 2. The van der Waals surface area contributed by atoms with Gasteiger partial charge in [0, 0.05) is 18.9 Å². The van der Waals surface area contributed by atoms with Gasteiger partial charge in [0.15, 0.2) is 5.82 Å². The lowest BCUT2D eigenvalue weighted by atomic mass is 9.95. The lowest BCUT2D eigenvalue weighted by molar-refractivity contribution is -0.119. The van der Waals surface area contributed by atoms with Crippen LogP contribution in [0.5, 0.6) is 5.75 Å². The number of hydrogen-bond donors (Lipinski definition) is 2. The van der Waals surface area contributed by atoms with Gasteiger partial charge in [-0.2, -0.15) is 4.98 Å². The van der Waals surface area contributed by atoms with Crippen molar-refractivity contribution < 1.29 is 14.4 Å². The Kier molecular flexibility index (Phi) is 4.86. The van der Waals surface area contributed by atoms with Gasteiger partial charge in [-0.3, -0.25) is 9.69 Å². The third-order valence-electron chi connectivity index (χ3n) is 5.66. The van der Waals surface area contributed by atoms with Crippen LogP contribution in [0.4, 0.5) is 0 Å². The molecule has 3 heterocycles. The number of phenolic OH excluding ortho intramolecular Hbond substituents is 1. The molecule has 2 saturated heterocycles. The van der Waals surface area contributed by atoms with E-state index in [9.17, 15) is 9.90 Å². The molecular formula is C20H26N4O3. The Labute approximate surface area is 158 Å². The average molecular weight is 370 g/mol. The molecule has 0 bridgehead atoms. The van der Waals surface area contributed by atoms with E-state index in [0.717, 1.165) is 55.8 Å². The van der Waals surface area contributed by atoms with Gasteiger partial charge in [-0.25, -0.2) is 0 Å². The van der Waals surface area contributed by atoms with Crippen LogP contribution >= 0.6 is 0 Å². The SMILES string of the molecule is Cc1cc(CN2CCC(c3noc([C@H]4CCC(=O)N4)n3)CC2)cc(C)c1O. The van der Waals surface area contributed by atoms with Crippen LogP contribution in [-0.4, -0.2) is 39.1 Å². The van der Waals surface area contributed by atoms with Crippen LogP contribution in [0.25, 0.3) is 0 Å². The lowest BCUT2D eigenvalue weighted by Gasteiger charge is -2.30. The number of aromatic nitrogens is 2. The zero-order valence-electron chi connectivity index (χ0n) is 15.9. The number of rotatable bonds is 4. The van der Waals surface area contributed by atoms with Gasteiger partial charge >= 0.3 is 0 Å². The third kappa shape index (κ3) is 3.83. The first-order chi connectivity index (χ1) is 13.0. The summed E-state index contributed by atoms with van der Waals surface area (Å²) in [5, 5.41) is 17.0. The highest BCUT2D eigenvalue weighted by atomic mass is 16.5. The van der Waals surface area contributed by atoms with E-state index in [0.29, 0.717) is 24.0 Å². The second kappa shape index (κ2) is 7.31. The zero-order chi connectivity index (χ0) is 19.0. The van der Waals surface area contributed by atoms with Crippen molar-refractivity contribution in [3.05, 3.63) is 40.5 Å². The second-order valence-electron chi connectivity index (χ2n) is 7.78. The minimum absolute atomic E-state index is 0.0489. The summed E-state index contributed by atoms with van der Waals surface area (Å²) in [6.07, 6.45) is 3.24. The third-order valence-corrected chi connectivity index (χ3v) is 5.66. The van der Waals surface area contributed by atoms with Crippen LogP contribution in [0.1, 0.15) is 66.0 Å². The number of carbonyl (C=O) groups is 1. The largest absolute Gasteiger partial charge is 0.507 e. The molecule has 0 saturated carbocycles. The number of amides is 1. The molecule has 1 aromatic carbocycles.